The van der Waals surface area contributed by atoms with Crippen LogP contribution in [0.5, 0.6) is 0 Å². The number of halogens is 4. The molecular formula is C9H8F4N2O2. The number of amides is 1. The highest BCUT2D eigenvalue weighted by Gasteiger charge is 2.48. The maximum atomic E-state index is 12.6. The molecule has 0 saturated heterocycles. The van der Waals surface area contributed by atoms with Crippen molar-refractivity contribution < 1.29 is 22.4 Å². The number of hydrogen-bond acceptors (Lipinski definition) is 2. The molecule has 94 valence electrons. The molecule has 0 unspecified atom stereocenters. The summed E-state index contributed by atoms with van der Waals surface area (Å²) in [6.45, 7) is 0. The van der Waals surface area contributed by atoms with Gasteiger partial charge in [-0.2, -0.15) is 8.78 Å². The van der Waals surface area contributed by atoms with Gasteiger partial charge < -0.3 is 9.88 Å². The summed E-state index contributed by atoms with van der Waals surface area (Å²) in [6, 6.07) is 2.05. The fourth-order valence-electron chi connectivity index (χ4n) is 0.981. The van der Waals surface area contributed by atoms with Crippen molar-refractivity contribution >= 4 is 11.6 Å². The third-order valence-corrected chi connectivity index (χ3v) is 1.92. The van der Waals surface area contributed by atoms with Gasteiger partial charge in [0.05, 0.1) is 5.69 Å². The molecule has 0 spiro atoms. The van der Waals surface area contributed by atoms with Gasteiger partial charge in [0, 0.05) is 19.3 Å². The smallest absolute Gasteiger partial charge is 0.319 e. The Morgan fingerprint density at radius 2 is 2.00 bits per heavy atom. The van der Waals surface area contributed by atoms with Crippen LogP contribution in [0.15, 0.2) is 23.1 Å². The lowest BCUT2D eigenvalue weighted by molar-refractivity contribution is -0.163. The quantitative estimate of drug-likeness (QED) is 0.822. The SMILES string of the molecule is Cn1cc(NC(=O)C(F)(F)C(F)F)ccc1=O. The summed E-state index contributed by atoms with van der Waals surface area (Å²) >= 11 is 0. The Kier molecular flexibility index (Phi) is 3.54. The molecule has 0 aliphatic heterocycles. The van der Waals surface area contributed by atoms with Gasteiger partial charge in [-0.15, -0.1) is 0 Å². The number of anilines is 1. The van der Waals surface area contributed by atoms with Crippen LogP contribution in [0, 0.1) is 0 Å². The summed E-state index contributed by atoms with van der Waals surface area (Å²) in [6.07, 6.45) is -3.04. The number of nitrogens with one attached hydrogen (secondary N) is 1. The largest absolute Gasteiger partial charge is 0.383 e. The number of carbonyl (C=O) groups excluding carboxylic acids is 1. The van der Waals surface area contributed by atoms with Gasteiger partial charge in [0.1, 0.15) is 0 Å². The van der Waals surface area contributed by atoms with E-state index in [4.69, 9.17) is 0 Å². The van der Waals surface area contributed by atoms with Crippen molar-refractivity contribution in [2.24, 2.45) is 7.05 Å². The molecule has 1 aromatic heterocycles. The van der Waals surface area contributed by atoms with Crippen molar-refractivity contribution in [2.75, 3.05) is 5.32 Å². The first-order valence-corrected chi connectivity index (χ1v) is 4.39. The monoisotopic (exact) mass is 252 g/mol. The Bertz CT molecular complexity index is 484. The number of aryl methyl sites for hydroxylation is 1. The van der Waals surface area contributed by atoms with Crippen LogP contribution in [-0.2, 0) is 11.8 Å². The number of alkyl halides is 4. The first-order valence-electron chi connectivity index (χ1n) is 4.39. The molecule has 0 aromatic carbocycles. The molecule has 0 radical (unpaired) electrons. The summed E-state index contributed by atoms with van der Waals surface area (Å²) in [5.74, 6) is -6.89. The zero-order valence-electron chi connectivity index (χ0n) is 8.58. The first-order chi connectivity index (χ1) is 7.75. The van der Waals surface area contributed by atoms with Crippen LogP contribution in [0.3, 0.4) is 0 Å². The molecule has 0 aliphatic rings. The summed E-state index contributed by atoms with van der Waals surface area (Å²) in [5, 5.41) is 1.60. The second kappa shape index (κ2) is 4.56. The van der Waals surface area contributed by atoms with E-state index in [1.807, 2.05) is 0 Å². The highest BCUT2D eigenvalue weighted by molar-refractivity contribution is 5.96. The third-order valence-electron chi connectivity index (χ3n) is 1.92. The lowest BCUT2D eigenvalue weighted by Gasteiger charge is -2.14. The van der Waals surface area contributed by atoms with Crippen LogP contribution in [0.4, 0.5) is 23.2 Å². The van der Waals surface area contributed by atoms with Crippen molar-refractivity contribution in [3.8, 4) is 0 Å². The van der Waals surface area contributed by atoms with E-state index >= 15 is 0 Å². The van der Waals surface area contributed by atoms with Crippen molar-refractivity contribution in [1.29, 1.82) is 0 Å². The molecule has 17 heavy (non-hydrogen) atoms. The Labute approximate surface area is 92.9 Å². The molecule has 0 aliphatic carbocycles. The van der Waals surface area contributed by atoms with E-state index in [1.54, 1.807) is 5.32 Å². The van der Waals surface area contributed by atoms with Crippen LogP contribution in [-0.4, -0.2) is 22.8 Å². The molecule has 1 N–H and O–H groups in total. The predicted octanol–water partition coefficient (Wildman–Crippen LogP) is 1.22. The van der Waals surface area contributed by atoms with Gasteiger partial charge in [0.15, 0.2) is 0 Å². The molecule has 0 saturated carbocycles. The summed E-state index contributed by atoms with van der Waals surface area (Å²) in [4.78, 5) is 21.8. The fraction of sp³-hybridized carbons (Fsp3) is 0.333. The minimum Gasteiger partial charge on any atom is -0.319 e. The molecule has 0 bridgehead atoms. The summed E-state index contributed by atoms with van der Waals surface area (Å²) < 4.78 is 49.8. The molecular weight excluding hydrogens is 244 g/mol. The van der Waals surface area contributed by atoms with Crippen LogP contribution in [0.2, 0.25) is 0 Å². The average molecular weight is 252 g/mol. The predicted molar refractivity (Wildman–Crippen MR) is 51.3 cm³/mol. The van der Waals surface area contributed by atoms with Gasteiger partial charge >= 0.3 is 18.3 Å². The minimum absolute atomic E-state index is 0.169. The standard InChI is InChI=1S/C9H8F4N2O2/c1-15-4-5(2-3-6(15)16)14-8(17)9(12,13)7(10)11/h2-4,7H,1H3,(H,14,17). The second-order valence-electron chi connectivity index (χ2n) is 3.24. The molecule has 8 heteroatoms. The average Bonchev–Trinajstić information content (AvgIpc) is 2.23. The van der Waals surface area contributed by atoms with Crippen LogP contribution >= 0.6 is 0 Å². The number of aromatic nitrogens is 1. The summed E-state index contributed by atoms with van der Waals surface area (Å²) in [5.41, 5.74) is -0.596. The Morgan fingerprint density at radius 1 is 1.41 bits per heavy atom. The Morgan fingerprint density at radius 3 is 2.47 bits per heavy atom. The molecule has 1 heterocycles. The van der Waals surface area contributed by atoms with E-state index in [0.717, 1.165) is 22.9 Å². The molecule has 1 aromatic rings. The van der Waals surface area contributed by atoms with Crippen molar-refractivity contribution in [2.45, 2.75) is 12.3 Å². The normalized spacial score (nSPS) is 11.6. The number of nitrogens with zero attached hydrogens (tertiary/aromatic N) is 1. The lowest BCUT2D eigenvalue weighted by Crippen LogP contribution is -2.41. The maximum Gasteiger partial charge on any atom is 0.383 e. The van der Waals surface area contributed by atoms with Crippen molar-refractivity contribution in [1.82, 2.24) is 4.57 Å². The van der Waals surface area contributed by atoms with E-state index in [2.05, 4.69) is 0 Å². The van der Waals surface area contributed by atoms with E-state index in [0.29, 0.717) is 0 Å². The van der Waals surface area contributed by atoms with E-state index in [-0.39, 0.29) is 5.69 Å². The van der Waals surface area contributed by atoms with E-state index in [1.165, 1.54) is 7.05 Å². The molecule has 4 nitrogen and oxygen atoms in total. The van der Waals surface area contributed by atoms with Gasteiger partial charge in [-0.05, 0) is 6.07 Å². The summed E-state index contributed by atoms with van der Waals surface area (Å²) in [7, 11) is 1.32. The van der Waals surface area contributed by atoms with Gasteiger partial charge in [0.25, 0.3) is 0 Å². The van der Waals surface area contributed by atoms with Gasteiger partial charge in [-0.25, -0.2) is 8.78 Å². The van der Waals surface area contributed by atoms with Crippen molar-refractivity contribution in [3.05, 3.63) is 28.7 Å². The maximum absolute atomic E-state index is 12.6. The van der Waals surface area contributed by atoms with Gasteiger partial charge in [-0.1, -0.05) is 0 Å². The highest BCUT2D eigenvalue weighted by atomic mass is 19.3. The topological polar surface area (TPSA) is 51.1 Å². The molecule has 0 fully saturated rings. The van der Waals surface area contributed by atoms with Crippen LogP contribution < -0.4 is 10.9 Å². The Balaban J connectivity index is 2.89. The minimum atomic E-state index is -4.77. The highest BCUT2D eigenvalue weighted by Crippen LogP contribution is 2.24. The number of rotatable bonds is 3. The molecule has 1 rings (SSSR count). The Hall–Kier alpha value is -1.86. The molecule has 1 amide bonds. The van der Waals surface area contributed by atoms with Gasteiger partial charge in [0.2, 0.25) is 5.56 Å². The van der Waals surface area contributed by atoms with Gasteiger partial charge in [-0.3, -0.25) is 9.59 Å². The first kappa shape index (κ1) is 13.2. The number of carbonyl (C=O) groups is 1. The van der Waals surface area contributed by atoms with Crippen LogP contribution in [0.25, 0.3) is 0 Å². The van der Waals surface area contributed by atoms with Crippen LogP contribution in [0.1, 0.15) is 0 Å². The number of pyridine rings is 1. The zero-order chi connectivity index (χ0) is 13.2. The van der Waals surface area contributed by atoms with Crippen molar-refractivity contribution in [3.63, 3.8) is 0 Å². The number of hydrogen-bond donors (Lipinski definition) is 1. The lowest BCUT2D eigenvalue weighted by atomic mass is 10.3. The van der Waals surface area contributed by atoms with E-state index < -0.39 is 23.8 Å². The fourth-order valence-corrected chi connectivity index (χ4v) is 0.981. The van der Waals surface area contributed by atoms with E-state index in [9.17, 15) is 27.2 Å². The zero-order valence-corrected chi connectivity index (χ0v) is 8.58. The second-order valence-corrected chi connectivity index (χ2v) is 3.24. The molecule has 0 atom stereocenters. The third kappa shape index (κ3) is 2.83.